The van der Waals surface area contributed by atoms with Gasteiger partial charge in [-0.3, -0.25) is 4.79 Å². The standard InChI is InChI=1S/C11H19NO2/c13-11(8-12-10-4-5-10)14-7-6-9-2-1-3-9/h9-10,12H,1-8H2. The van der Waals surface area contributed by atoms with E-state index >= 15 is 0 Å². The maximum atomic E-state index is 11.2. The van der Waals surface area contributed by atoms with Crippen molar-refractivity contribution in [3.63, 3.8) is 0 Å². The Balaban J connectivity index is 1.44. The van der Waals surface area contributed by atoms with Crippen LogP contribution in [0.25, 0.3) is 0 Å². The van der Waals surface area contributed by atoms with Crippen molar-refractivity contribution >= 4 is 5.97 Å². The molecule has 0 unspecified atom stereocenters. The van der Waals surface area contributed by atoms with Crippen LogP contribution in [-0.2, 0) is 9.53 Å². The van der Waals surface area contributed by atoms with E-state index in [1.54, 1.807) is 0 Å². The molecule has 0 aliphatic heterocycles. The predicted octanol–water partition coefficient (Wildman–Crippen LogP) is 1.47. The van der Waals surface area contributed by atoms with Gasteiger partial charge in [0, 0.05) is 6.04 Å². The van der Waals surface area contributed by atoms with Gasteiger partial charge in [-0.15, -0.1) is 0 Å². The molecule has 0 aromatic rings. The van der Waals surface area contributed by atoms with Crippen LogP contribution in [0.1, 0.15) is 38.5 Å². The van der Waals surface area contributed by atoms with E-state index in [1.807, 2.05) is 0 Å². The Morgan fingerprint density at radius 2 is 2.07 bits per heavy atom. The first-order valence-corrected chi connectivity index (χ1v) is 5.73. The summed E-state index contributed by atoms with van der Waals surface area (Å²) in [5, 5.41) is 3.15. The summed E-state index contributed by atoms with van der Waals surface area (Å²) < 4.78 is 5.13. The average molecular weight is 197 g/mol. The monoisotopic (exact) mass is 197 g/mol. The second kappa shape index (κ2) is 4.78. The third-order valence-electron chi connectivity index (χ3n) is 3.13. The number of nitrogens with one attached hydrogen (secondary N) is 1. The zero-order chi connectivity index (χ0) is 9.80. The number of carbonyl (C=O) groups excluding carboxylic acids is 1. The highest BCUT2D eigenvalue weighted by molar-refractivity contribution is 5.71. The molecule has 0 atom stereocenters. The van der Waals surface area contributed by atoms with Gasteiger partial charge in [0.25, 0.3) is 0 Å². The molecule has 0 bridgehead atoms. The van der Waals surface area contributed by atoms with Gasteiger partial charge < -0.3 is 10.1 Å². The fraction of sp³-hybridized carbons (Fsp3) is 0.909. The summed E-state index contributed by atoms with van der Waals surface area (Å²) in [6.07, 6.45) is 7.53. The first kappa shape index (κ1) is 9.97. The van der Waals surface area contributed by atoms with Gasteiger partial charge in [0.1, 0.15) is 0 Å². The van der Waals surface area contributed by atoms with Crippen LogP contribution in [0.4, 0.5) is 0 Å². The van der Waals surface area contributed by atoms with Crippen LogP contribution in [0.5, 0.6) is 0 Å². The van der Waals surface area contributed by atoms with Gasteiger partial charge in [0.05, 0.1) is 13.2 Å². The first-order valence-electron chi connectivity index (χ1n) is 5.73. The molecular weight excluding hydrogens is 178 g/mol. The van der Waals surface area contributed by atoms with E-state index in [4.69, 9.17) is 4.74 Å². The van der Waals surface area contributed by atoms with Gasteiger partial charge in [0.15, 0.2) is 0 Å². The van der Waals surface area contributed by atoms with E-state index in [2.05, 4.69) is 5.32 Å². The Hall–Kier alpha value is -0.570. The van der Waals surface area contributed by atoms with E-state index in [0.717, 1.165) is 12.3 Å². The molecule has 0 radical (unpaired) electrons. The number of esters is 1. The molecule has 3 heteroatoms. The lowest BCUT2D eigenvalue weighted by atomic mass is 9.83. The molecule has 2 aliphatic rings. The van der Waals surface area contributed by atoms with Gasteiger partial charge in [-0.05, 0) is 25.2 Å². The molecule has 0 aromatic heterocycles. The zero-order valence-electron chi connectivity index (χ0n) is 8.63. The van der Waals surface area contributed by atoms with Crippen molar-refractivity contribution < 1.29 is 9.53 Å². The average Bonchev–Trinajstić information content (AvgIpc) is 2.89. The summed E-state index contributed by atoms with van der Waals surface area (Å²) in [6.45, 7) is 1.02. The van der Waals surface area contributed by atoms with Crippen LogP contribution in [-0.4, -0.2) is 25.2 Å². The Morgan fingerprint density at radius 3 is 2.64 bits per heavy atom. The quantitative estimate of drug-likeness (QED) is 0.655. The SMILES string of the molecule is O=C(CNC1CC1)OCCC1CCC1. The normalized spacial score (nSPS) is 21.7. The molecular formula is C11H19NO2. The van der Waals surface area contributed by atoms with Crippen molar-refractivity contribution in [3.05, 3.63) is 0 Å². The highest BCUT2D eigenvalue weighted by atomic mass is 16.5. The summed E-state index contributed by atoms with van der Waals surface area (Å²) in [7, 11) is 0. The molecule has 1 N–H and O–H groups in total. The number of rotatable bonds is 6. The number of carbonyl (C=O) groups is 1. The largest absolute Gasteiger partial charge is 0.465 e. The number of hydrogen-bond acceptors (Lipinski definition) is 3. The lowest BCUT2D eigenvalue weighted by molar-refractivity contribution is -0.143. The van der Waals surface area contributed by atoms with Gasteiger partial charge in [-0.25, -0.2) is 0 Å². The topological polar surface area (TPSA) is 38.3 Å². The van der Waals surface area contributed by atoms with Crippen molar-refractivity contribution in [2.24, 2.45) is 5.92 Å². The zero-order valence-corrected chi connectivity index (χ0v) is 8.63. The smallest absolute Gasteiger partial charge is 0.319 e. The Labute approximate surface area is 85.2 Å². The van der Waals surface area contributed by atoms with E-state index in [0.29, 0.717) is 19.2 Å². The third-order valence-corrected chi connectivity index (χ3v) is 3.13. The lowest BCUT2D eigenvalue weighted by Gasteiger charge is -2.24. The summed E-state index contributed by atoms with van der Waals surface area (Å²) >= 11 is 0. The molecule has 0 spiro atoms. The minimum Gasteiger partial charge on any atom is -0.465 e. The van der Waals surface area contributed by atoms with Crippen LogP contribution in [0.2, 0.25) is 0 Å². The van der Waals surface area contributed by atoms with Crippen molar-refractivity contribution in [2.75, 3.05) is 13.2 Å². The molecule has 0 aromatic carbocycles. The number of hydrogen-bond donors (Lipinski definition) is 1. The second-order valence-corrected chi connectivity index (χ2v) is 4.46. The molecule has 2 saturated carbocycles. The minimum atomic E-state index is -0.0868. The molecule has 3 nitrogen and oxygen atoms in total. The molecule has 14 heavy (non-hydrogen) atoms. The maximum Gasteiger partial charge on any atom is 0.319 e. The Bertz CT molecular complexity index is 197. The molecule has 2 aliphatic carbocycles. The molecule has 0 saturated heterocycles. The van der Waals surface area contributed by atoms with E-state index in [9.17, 15) is 4.79 Å². The third kappa shape index (κ3) is 3.29. The Morgan fingerprint density at radius 1 is 1.29 bits per heavy atom. The first-order chi connectivity index (χ1) is 6.84. The molecule has 0 amide bonds. The second-order valence-electron chi connectivity index (χ2n) is 4.46. The fourth-order valence-corrected chi connectivity index (χ4v) is 1.69. The van der Waals surface area contributed by atoms with Crippen molar-refractivity contribution in [1.82, 2.24) is 5.32 Å². The van der Waals surface area contributed by atoms with Crippen LogP contribution in [0, 0.1) is 5.92 Å². The molecule has 0 heterocycles. The van der Waals surface area contributed by atoms with Gasteiger partial charge in [-0.1, -0.05) is 19.3 Å². The highest BCUT2D eigenvalue weighted by Gasteiger charge is 2.22. The molecule has 2 fully saturated rings. The summed E-state index contributed by atoms with van der Waals surface area (Å²) in [6, 6.07) is 0.592. The molecule has 80 valence electrons. The van der Waals surface area contributed by atoms with E-state index in [1.165, 1.54) is 32.1 Å². The predicted molar refractivity (Wildman–Crippen MR) is 53.9 cm³/mol. The van der Waals surface area contributed by atoms with E-state index in [-0.39, 0.29) is 5.97 Å². The van der Waals surface area contributed by atoms with Crippen molar-refractivity contribution in [1.29, 1.82) is 0 Å². The number of ether oxygens (including phenoxy) is 1. The summed E-state index contributed by atoms with van der Waals surface area (Å²) in [5.41, 5.74) is 0. The summed E-state index contributed by atoms with van der Waals surface area (Å²) in [5.74, 6) is 0.746. The van der Waals surface area contributed by atoms with Crippen LogP contribution in [0.15, 0.2) is 0 Å². The van der Waals surface area contributed by atoms with Gasteiger partial charge >= 0.3 is 5.97 Å². The summed E-state index contributed by atoms with van der Waals surface area (Å²) in [4.78, 5) is 11.2. The van der Waals surface area contributed by atoms with Crippen LogP contribution >= 0.6 is 0 Å². The van der Waals surface area contributed by atoms with Crippen molar-refractivity contribution in [3.8, 4) is 0 Å². The van der Waals surface area contributed by atoms with Crippen molar-refractivity contribution in [2.45, 2.75) is 44.6 Å². The van der Waals surface area contributed by atoms with E-state index < -0.39 is 0 Å². The van der Waals surface area contributed by atoms with Gasteiger partial charge in [-0.2, -0.15) is 0 Å². The minimum absolute atomic E-state index is 0.0868. The maximum absolute atomic E-state index is 11.2. The highest BCUT2D eigenvalue weighted by Crippen LogP contribution is 2.29. The fourth-order valence-electron chi connectivity index (χ4n) is 1.69. The molecule has 2 rings (SSSR count). The van der Waals surface area contributed by atoms with Crippen LogP contribution in [0.3, 0.4) is 0 Å². The van der Waals surface area contributed by atoms with Gasteiger partial charge in [0.2, 0.25) is 0 Å². The lowest BCUT2D eigenvalue weighted by Crippen LogP contribution is -2.27. The van der Waals surface area contributed by atoms with Crippen LogP contribution < -0.4 is 5.32 Å². The Kier molecular flexibility index (Phi) is 3.40.